The molecule has 2 aliphatic heterocycles. The molecule has 3 heterocycles. The third kappa shape index (κ3) is 9.85. The minimum absolute atomic E-state index is 0.0452. The third-order valence-electron chi connectivity index (χ3n) is 8.66. The molecule has 12 heteroatoms. The number of ether oxygens (including phenoxy) is 2. The zero-order valence-corrected chi connectivity index (χ0v) is 27.9. The van der Waals surface area contributed by atoms with E-state index in [1.807, 2.05) is 40.0 Å². The number of halogens is 3. The summed E-state index contributed by atoms with van der Waals surface area (Å²) in [5, 5.41) is 6.16. The van der Waals surface area contributed by atoms with Gasteiger partial charge in [0, 0.05) is 56.6 Å². The van der Waals surface area contributed by atoms with Gasteiger partial charge >= 0.3 is 12.5 Å². The number of anilines is 1. The number of nitrogens with zero attached hydrogens (tertiary/aromatic N) is 3. The van der Waals surface area contributed by atoms with Crippen molar-refractivity contribution >= 4 is 17.8 Å². The van der Waals surface area contributed by atoms with E-state index in [2.05, 4.69) is 37.3 Å². The Hall–Kier alpha value is -4.32. The highest BCUT2D eigenvalue weighted by Gasteiger charge is 2.31. The smallest absolute Gasteiger partial charge is 0.444 e. The number of hydrogen-bond donors (Lipinski definition) is 2. The van der Waals surface area contributed by atoms with Crippen LogP contribution in [0.5, 0.6) is 5.75 Å². The first kappa shape index (κ1) is 35.0. The highest BCUT2D eigenvalue weighted by atomic mass is 19.4. The Morgan fingerprint density at radius 2 is 1.52 bits per heavy atom. The summed E-state index contributed by atoms with van der Waals surface area (Å²) in [5.41, 5.74) is 3.39. The van der Waals surface area contributed by atoms with Crippen molar-refractivity contribution in [2.45, 2.75) is 84.0 Å². The second kappa shape index (κ2) is 14.8. The van der Waals surface area contributed by atoms with Crippen molar-refractivity contribution in [1.29, 1.82) is 0 Å². The molecule has 3 aromatic rings. The van der Waals surface area contributed by atoms with E-state index < -0.39 is 12.0 Å². The average Bonchev–Trinajstić information content (AvgIpc) is 3.02. The normalized spacial score (nSPS) is 16.8. The Labute approximate surface area is 279 Å². The minimum atomic E-state index is -4.75. The maximum absolute atomic E-state index is 13.3. The van der Waals surface area contributed by atoms with Gasteiger partial charge < -0.3 is 25.0 Å². The number of alkyl carbamates (subject to hydrolysis) is 1. The molecular formula is C36H44F3N5O4. The molecule has 0 aliphatic carbocycles. The van der Waals surface area contributed by atoms with Crippen LogP contribution in [-0.4, -0.2) is 72.1 Å². The number of benzene rings is 2. The Morgan fingerprint density at radius 1 is 0.875 bits per heavy atom. The molecule has 0 radical (unpaired) electrons. The van der Waals surface area contributed by atoms with Crippen LogP contribution in [0.3, 0.4) is 0 Å². The fraction of sp³-hybridized carbons (Fsp3) is 0.472. The summed E-state index contributed by atoms with van der Waals surface area (Å²) in [5.74, 6) is 0.484. The number of piperidine rings is 2. The zero-order valence-electron chi connectivity index (χ0n) is 27.9. The molecule has 258 valence electrons. The summed E-state index contributed by atoms with van der Waals surface area (Å²) in [7, 11) is 0. The van der Waals surface area contributed by atoms with Crippen LogP contribution in [0.4, 0.5) is 23.8 Å². The molecule has 2 amide bonds. The van der Waals surface area contributed by atoms with Gasteiger partial charge in [-0.1, -0.05) is 30.3 Å². The second-order valence-electron chi connectivity index (χ2n) is 13.5. The molecule has 2 aromatic carbocycles. The number of hydrogen-bond acceptors (Lipinski definition) is 7. The highest BCUT2D eigenvalue weighted by Crippen LogP contribution is 2.30. The molecule has 48 heavy (non-hydrogen) atoms. The molecule has 2 aliphatic rings. The summed E-state index contributed by atoms with van der Waals surface area (Å²) < 4.78 is 47.0. The Balaban J connectivity index is 1.07. The van der Waals surface area contributed by atoms with Gasteiger partial charge in [-0.2, -0.15) is 0 Å². The van der Waals surface area contributed by atoms with Gasteiger partial charge in [0.1, 0.15) is 17.2 Å². The number of amides is 2. The number of nitrogens with one attached hydrogen (secondary N) is 2. The van der Waals surface area contributed by atoms with Gasteiger partial charge in [0.2, 0.25) is 0 Å². The number of alkyl halides is 3. The maximum atomic E-state index is 13.3. The van der Waals surface area contributed by atoms with Gasteiger partial charge in [-0.3, -0.25) is 9.69 Å². The van der Waals surface area contributed by atoms with Crippen molar-refractivity contribution in [3.05, 3.63) is 77.5 Å². The van der Waals surface area contributed by atoms with Gasteiger partial charge in [0.05, 0.1) is 0 Å². The van der Waals surface area contributed by atoms with Crippen molar-refractivity contribution in [3.8, 4) is 16.9 Å². The van der Waals surface area contributed by atoms with Gasteiger partial charge in [-0.15, -0.1) is 13.2 Å². The number of pyridine rings is 1. The van der Waals surface area contributed by atoms with Crippen LogP contribution in [-0.2, 0) is 11.3 Å². The van der Waals surface area contributed by atoms with E-state index >= 15 is 0 Å². The van der Waals surface area contributed by atoms with Crippen molar-refractivity contribution in [3.63, 3.8) is 0 Å². The van der Waals surface area contributed by atoms with E-state index in [9.17, 15) is 22.8 Å². The molecule has 0 bridgehead atoms. The summed E-state index contributed by atoms with van der Waals surface area (Å²) in [6.07, 6.45) is 0.114. The fourth-order valence-electron chi connectivity index (χ4n) is 6.21. The minimum Gasteiger partial charge on any atom is -0.444 e. The predicted octanol–water partition coefficient (Wildman–Crippen LogP) is 6.84. The van der Waals surface area contributed by atoms with Crippen LogP contribution < -0.4 is 20.3 Å². The first-order chi connectivity index (χ1) is 22.7. The van der Waals surface area contributed by atoms with Crippen molar-refractivity contribution in [1.82, 2.24) is 20.5 Å². The van der Waals surface area contributed by atoms with Crippen molar-refractivity contribution in [2.75, 3.05) is 31.1 Å². The first-order valence-electron chi connectivity index (χ1n) is 16.4. The van der Waals surface area contributed by atoms with E-state index in [4.69, 9.17) is 9.72 Å². The zero-order chi connectivity index (χ0) is 34.5. The lowest BCUT2D eigenvalue weighted by Gasteiger charge is -2.34. The Morgan fingerprint density at radius 3 is 2.12 bits per heavy atom. The van der Waals surface area contributed by atoms with Gasteiger partial charge in [-0.05, 0) is 99.9 Å². The maximum Gasteiger partial charge on any atom is 0.573 e. The third-order valence-corrected chi connectivity index (χ3v) is 8.66. The molecule has 9 nitrogen and oxygen atoms in total. The van der Waals surface area contributed by atoms with Gasteiger partial charge in [-0.25, -0.2) is 9.78 Å². The van der Waals surface area contributed by atoms with E-state index in [0.717, 1.165) is 80.9 Å². The standard InChI is InChI=1S/C36H44F3N5O4/c1-24-30(26-9-11-29(12-10-26)47-36(37,38)39)6-5-7-31(24)33(45)41-27-14-18-43(19-15-27)23-25-8-13-32(40-22-25)44-20-16-28(17-21-44)42-34(46)48-35(2,3)4/h5-13,22,27-28H,14-21,23H2,1-4H3,(H,41,45)(H,42,46). The number of carbonyl (C=O) groups is 2. The predicted molar refractivity (Wildman–Crippen MR) is 178 cm³/mol. The summed E-state index contributed by atoms with van der Waals surface area (Å²) in [4.78, 5) is 34.7. The molecule has 5 rings (SSSR count). The van der Waals surface area contributed by atoms with Crippen LogP contribution in [0.1, 0.15) is 67.9 Å². The lowest BCUT2D eigenvalue weighted by Crippen LogP contribution is -2.46. The lowest BCUT2D eigenvalue weighted by molar-refractivity contribution is -0.274. The van der Waals surface area contributed by atoms with Crippen LogP contribution in [0.15, 0.2) is 60.8 Å². The molecule has 2 fully saturated rings. The lowest BCUT2D eigenvalue weighted by atomic mass is 9.95. The monoisotopic (exact) mass is 667 g/mol. The summed E-state index contributed by atoms with van der Waals surface area (Å²) in [6, 6.07) is 15.4. The SMILES string of the molecule is Cc1c(C(=O)NC2CCN(Cc3ccc(N4CCC(NC(=O)OC(C)(C)C)CC4)nc3)CC2)cccc1-c1ccc(OC(F)(F)F)cc1. The highest BCUT2D eigenvalue weighted by molar-refractivity contribution is 5.97. The molecule has 0 spiro atoms. The van der Waals surface area contributed by atoms with Crippen molar-refractivity contribution in [2.24, 2.45) is 0 Å². The molecule has 0 atom stereocenters. The van der Waals surface area contributed by atoms with Crippen molar-refractivity contribution < 1.29 is 32.2 Å². The summed E-state index contributed by atoms with van der Waals surface area (Å²) in [6.45, 7) is 11.5. The molecular weight excluding hydrogens is 623 g/mol. The van der Waals surface area contributed by atoms with E-state index in [-0.39, 0.29) is 29.8 Å². The molecule has 1 aromatic heterocycles. The van der Waals surface area contributed by atoms with E-state index in [0.29, 0.717) is 11.1 Å². The number of likely N-dealkylation sites (tertiary alicyclic amines) is 1. The van der Waals surface area contributed by atoms with Crippen LogP contribution in [0, 0.1) is 6.92 Å². The summed E-state index contributed by atoms with van der Waals surface area (Å²) >= 11 is 0. The molecule has 0 unspecified atom stereocenters. The number of carbonyl (C=O) groups excluding carboxylic acids is 2. The average molecular weight is 668 g/mol. The second-order valence-corrected chi connectivity index (χ2v) is 13.5. The first-order valence-corrected chi connectivity index (χ1v) is 16.4. The van der Waals surface area contributed by atoms with Gasteiger partial charge in [0.25, 0.3) is 5.91 Å². The Bertz CT molecular complexity index is 1540. The molecule has 0 saturated carbocycles. The quantitative estimate of drug-likeness (QED) is 0.272. The van der Waals surface area contributed by atoms with E-state index in [1.165, 1.54) is 12.1 Å². The van der Waals surface area contributed by atoms with Crippen LogP contribution in [0.2, 0.25) is 0 Å². The fourth-order valence-corrected chi connectivity index (χ4v) is 6.21. The molecule has 2 N–H and O–H groups in total. The largest absolute Gasteiger partial charge is 0.573 e. The van der Waals surface area contributed by atoms with Crippen LogP contribution >= 0.6 is 0 Å². The Kier molecular flexibility index (Phi) is 10.8. The number of rotatable bonds is 8. The topological polar surface area (TPSA) is 96.0 Å². The number of aromatic nitrogens is 1. The molecule has 2 saturated heterocycles. The van der Waals surface area contributed by atoms with Crippen LogP contribution in [0.25, 0.3) is 11.1 Å². The van der Waals surface area contributed by atoms with Gasteiger partial charge in [0.15, 0.2) is 0 Å². The van der Waals surface area contributed by atoms with E-state index in [1.54, 1.807) is 24.3 Å².